The zero-order valence-electron chi connectivity index (χ0n) is 16.5. The van der Waals surface area contributed by atoms with Crippen molar-refractivity contribution in [3.05, 3.63) is 0 Å². The second-order valence-corrected chi connectivity index (χ2v) is 7.89. The summed E-state index contributed by atoms with van der Waals surface area (Å²) in [7, 11) is 0. The molecule has 2 aliphatic heterocycles. The number of rotatable bonds is 5. The summed E-state index contributed by atoms with van der Waals surface area (Å²) in [5.74, 6) is 1.02. The van der Waals surface area contributed by atoms with Gasteiger partial charge in [0.15, 0.2) is 5.96 Å². The molecule has 2 amide bonds. The quantitative estimate of drug-likeness (QED) is 0.316. The van der Waals surface area contributed by atoms with Crippen molar-refractivity contribution >= 4 is 41.8 Å². The first kappa shape index (κ1) is 23.0. The Bertz CT molecular complexity index is 538. The standard InChI is InChI=1S/C18H33N5O2.HI/c1-5-19-15(25)17(3,4)11-22-16(20-6-2)23-9-7-8-18(13-23)10-14(24)21-12-18;/h5-13H2,1-4H3,(H,19,25)(H,20,22)(H,21,24);1H. The fourth-order valence-electron chi connectivity index (χ4n) is 3.60. The van der Waals surface area contributed by atoms with E-state index in [0.717, 1.165) is 45.0 Å². The third-order valence-corrected chi connectivity index (χ3v) is 5.07. The molecule has 26 heavy (non-hydrogen) atoms. The number of carbonyl (C=O) groups excluding carboxylic acids is 2. The van der Waals surface area contributed by atoms with Gasteiger partial charge in [-0.15, -0.1) is 24.0 Å². The van der Waals surface area contributed by atoms with Crippen molar-refractivity contribution in [3.63, 3.8) is 0 Å². The van der Waals surface area contributed by atoms with Crippen LogP contribution < -0.4 is 16.0 Å². The summed E-state index contributed by atoms with van der Waals surface area (Å²) in [5, 5.41) is 9.21. The highest BCUT2D eigenvalue weighted by molar-refractivity contribution is 14.0. The Morgan fingerprint density at radius 3 is 2.58 bits per heavy atom. The van der Waals surface area contributed by atoms with Gasteiger partial charge >= 0.3 is 0 Å². The van der Waals surface area contributed by atoms with Crippen molar-refractivity contribution in [1.82, 2.24) is 20.9 Å². The van der Waals surface area contributed by atoms with Gasteiger partial charge in [0.1, 0.15) is 0 Å². The van der Waals surface area contributed by atoms with E-state index >= 15 is 0 Å². The van der Waals surface area contributed by atoms with E-state index in [1.165, 1.54) is 0 Å². The van der Waals surface area contributed by atoms with Gasteiger partial charge in [0.2, 0.25) is 11.8 Å². The van der Waals surface area contributed by atoms with E-state index in [1.807, 2.05) is 27.7 Å². The molecular formula is C18H34IN5O2. The summed E-state index contributed by atoms with van der Waals surface area (Å²) in [6, 6.07) is 0. The van der Waals surface area contributed by atoms with Gasteiger partial charge in [0, 0.05) is 44.6 Å². The van der Waals surface area contributed by atoms with Gasteiger partial charge in [0.25, 0.3) is 0 Å². The number of amides is 2. The molecule has 2 aliphatic rings. The maximum atomic E-state index is 12.2. The molecule has 3 N–H and O–H groups in total. The van der Waals surface area contributed by atoms with Crippen molar-refractivity contribution in [2.45, 2.75) is 47.0 Å². The lowest BCUT2D eigenvalue weighted by molar-refractivity contribution is -0.128. The van der Waals surface area contributed by atoms with Crippen molar-refractivity contribution in [2.75, 3.05) is 39.3 Å². The van der Waals surface area contributed by atoms with Crippen LogP contribution in [0.4, 0.5) is 0 Å². The fraction of sp³-hybridized carbons (Fsp3) is 0.833. The molecule has 0 aromatic rings. The number of nitrogens with zero attached hydrogens (tertiary/aromatic N) is 2. The van der Waals surface area contributed by atoms with Crippen LogP contribution in [0, 0.1) is 10.8 Å². The lowest BCUT2D eigenvalue weighted by Gasteiger charge is -2.41. The summed E-state index contributed by atoms with van der Waals surface area (Å²) >= 11 is 0. The minimum absolute atomic E-state index is 0. The molecule has 0 aliphatic carbocycles. The lowest BCUT2D eigenvalue weighted by Crippen LogP contribution is -2.51. The molecule has 0 bridgehead atoms. The summed E-state index contributed by atoms with van der Waals surface area (Å²) < 4.78 is 0. The van der Waals surface area contributed by atoms with Crippen LogP contribution in [0.5, 0.6) is 0 Å². The van der Waals surface area contributed by atoms with E-state index in [-0.39, 0.29) is 41.2 Å². The Morgan fingerprint density at radius 2 is 2.00 bits per heavy atom. The SMILES string of the molecule is CCNC(=O)C(C)(C)CN=C(NCC)N1CCCC2(CNC(=O)C2)C1.I. The van der Waals surface area contributed by atoms with E-state index in [4.69, 9.17) is 4.99 Å². The van der Waals surface area contributed by atoms with E-state index < -0.39 is 5.41 Å². The van der Waals surface area contributed by atoms with Crippen LogP contribution >= 0.6 is 24.0 Å². The molecule has 2 heterocycles. The predicted octanol–water partition coefficient (Wildman–Crippen LogP) is 1.33. The van der Waals surface area contributed by atoms with Crippen molar-refractivity contribution in [1.29, 1.82) is 0 Å². The minimum atomic E-state index is -0.547. The predicted molar refractivity (Wildman–Crippen MR) is 115 cm³/mol. The number of guanidine groups is 1. The highest BCUT2D eigenvalue weighted by Crippen LogP contribution is 2.36. The van der Waals surface area contributed by atoms with Crippen LogP contribution in [0.25, 0.3) is 0 Å². The van der Waals surface area contributed by atoms with Crippen LogP contribution in [-0.2, 0) is 9.59 Å². The third-order valence-electron chi connectivity index (χ3n) is 5.07. The Morgan fingerprint density at radius 1 is 1.31 bits per heavy atom. The molecular weight excluding hydrogens is 445 g/mol. The Kier molecular flexibility index (Phi) is 8.62. The number of likely N-dealkylation sites (tertiary alicyclic amines) is 1. The fourth-order valence-corrected chi connectivity index (χ4v) is 3.60. The molecule has 1 unspecified atom stereocenters. The molecule has 2 fully saturated rings. The molecule has 2 saturated heterocycles. The second-order valence-electron chi connectivity index (χ2n) is 7.89. The first-order chi connectivity index (χ1) is 11.8. The zero-order valence-corrected chi connectivity index (χ0v) is 18.8. The van der Waals surface area contributed by atoms with E-state index in [9.17, 15) is 9.59 Å². The molecule has 7 nitrogen and oxygen atoms in total. The van der Waals surface area contributed by atoms with Crippen molar-refractivity contribution in [2.24, 2.45) is 15.8 Å². The van der Waals surface area contributed by atoms with Gasteiger partial charge in [-0.1, -0.05) is 0 Å². The Labute approximate surface area is 174 Å². The second kappa shape index (κ2) is 9.75. The maximum absolute atomic E-state index is 12.2. The van der Waals surface area contributed by atoms with Gasteiger partial charge in [0.05, 0.1) is 12.0 Å². The molecule has 0 aromatic heterocycles. The maximum Gasteiger partial charge on any atom is 0.227 e. The largest absolute Gasteiger partial charge is 0.357 e. The molecule has 0 aromatic carbocycles. The zero-order chi connectivity index (χ0) is 18.5. The molecule has 8 heteroatoms. The van der Waals surface area contributed by atoms with Crippen LogP contribution in [0.2, 0.25) is 0 Å². The van der Waals surface area contributed by atoms with Crippen molar-refractivity contribution < 1.29 is 9.59 Å². The number of hydrogen-bond donors (Lipinski definition) is 3. The topological polar surface area (TPSA) is 85.8 Å². The number of aliphatic imine (C=N–C) groups is 1. The smallest absolute Gasteiger partial charge is 0.227 e. The molecule has 2 rings (SSSR count). The van der Waals surface area contributed by atoms with E-state index in [2.05, 4.69) is 20.9 Å². The molecule has 150 valence electrons. The first-order valence-corrected chi connectivity index (χ1v) is 9.40. The number of piperidine rings is 1. The van der Waals surface area contributed by atoms with Crippen LogP contribution in [0.15, 0.2) is 4.99 Å². The van der Waals surface area contributed by atoms with Gasteiger partial charge in [-0.3, -0.25) is 14.6 Å². The van der Waals surface area contributed by atoms with E-state index in [1.54, 1.807) is 0 Å². The third kappa shape index (κ3) is 5.72. The average Bonchev–Trinajstić information content (AvgIpc) is 2.91. The molecule has 1 spiro atoms. The van der Waals surface area contributed by atoms with E-state index in [0.29, 0.717) is 19.5 Å². The first-order valence-electron chi connectivity index (χ1n) is 9.40. The number of nitrogens with one attached hydrogen (secondary N) is 3. The highest BCUT2D eigenvalue weighted by Gasteiger charge is 2.42. The van der Waals surface area contributed by atoms with Crippen LogP contribution in [0.1, 0.15) is 47.0 Å². The summed E-state index contributed by atoms with van der Waals surface area (Å²) in [5.41, 5.74) is -0.518. The van der Waals surface area contributed by atoms with Crippen LogP contribution in [0.3, 0.4) is 0 Å². The molecule has 0 radical (unpaired) electrons. The summed E-state index contributed by atoms with van der Waals surface area (Å²) in [4.78, 5) is 30.9. The van der Waals surface area contributed by atoms with Gasteiger partial charge in [-0.05, 0) is 40.5 Å². The van der Waals surface area contributed by atoms with Crippen LogP contribution in [-0.4, -0.2) is 61.9 Å². The number of hydrogen-bond acceptors (Lipinski definition) is 3. The molecule has 1 atom stereocenters. The normalized spacial score (nSPS) is 23.5. The average molecular weight is 479 g/mol. The molecule has 0 saturated carbocycles. The minimum Gasteiger partial charge on any atom is -0.357 e. The van der Waals surface area contributed by atoms with Gasteiger partial charge < -0.3 is 20.9 Å². The highest BCUT2D eigenvalue weighted by atomic mass is 127. The summed E-state index contributed by atoms with van der Waals surface area (Å²) in [6.07, 6.45) is 2.73. The Hall–Kier alpha value is -1.06. The van der Waals surface area contributed by atoms with Gasteiger partial charge in [-0.2, -0.15) is 0 Å². The van der Waals surface area contributed by atoms with Gasteiger partial charge in [-0.25, -0.2) is 0 Å². The van der Waals surface area contributed by atoms with Crippen molar-refractivity contribution in [3.8, 4) is 0 Å². The number of carbonyl (C=O) groups is 2. The monoisotopic (exact) mass is 479 g/mol. The lowest BCUT2D eigenvalue weighted by atomic mass is 9.79. The number of halogens is 1. The summed E-state index contributed by atoms with van der Waals surface area (Å²) in [6.45, 7) is 12.2. The Balaban J connectivity index is 0.00000338.